The number of ether oxygens (including phenoxy) is 1. The number of ketones is 1. The minimum absolute atomic E-state index is 0.0824. The fraction of sp³-hybridized carbons (Fsp3) is 0.200. The Morgan fingerprint density at radius 3 is 2.71 bits per heavy atom. The summed E-state index contributed by atoms with van der Waals surface area (Å²) in [6.45, 7) is 1.43. The Hall–Kier alpha value is -1.84. The van der Waals surface area contributed by atoms with Crippen molar-refractivity contribution in [1.29, 1.82) is 0 Å². The van der Waals surface area contributed by atoms with Crippen LogP contribution in [0.25, 0.3) is 6.08 Å². The highest BCUT2D eigenvalue weighted by Crippen LogP contribution is 2.10. The van der Waals surface area contributed by atoms with Gasteiger partial charge >= 0.3 is 5.97 Å². The van der Waals surface area contributed by atoms with Gasteiger partial charge < -0.3 is 9.15 Å². The lowest BCUT2D eigenvalue weighted by molar-refractivity contribution is -0.112. The van der Waals surface area contributed by atoms with Gasteiger partial charge in [0.25, 0.3) is 0 Å². The van der Waals surface area contributed by atoms with E-state index >= 15 is 0 Å². The maximum absolute atomic E-state index is 11.0. The Labute approximate surface area is 81.2 Å². The van der Waals surface area contributed by atoms with Gasteiger partial charge in [0, 0.05) is 0 Å². The maximum Gasteiger partial charge on any atom is 0.373 e. The van der Waals surface area contributed by atoms with Gasteiger partial charge in [-0.25, -0.2) is 4.79 Å². The monoisotopic (exact) mass is 194 g/mol. The van der Waals surface area contributed by atoms with Crippen LogP contribution in [0.4, 0.5) is 0 Å². The molecule has 0 aliphatic heterocycles. The van der Waals surface area contributed by atoms with Crippen molar-refractivity contribution in [1.82, 2.24) is 0 Å². The predicted octanol–water partition coefficient (Wildman–Crippen LogP) is 1.67. The first-order valence-corrected chi connectivity index (χ1v) is 4.00. The van der Waals surface area contributed by atoms with Crippen LogP contribution in [0.1, 0.15) is 23.2 Å². The van der Waals surface area contributed by atoms with E-state index in [0.717, 1.165) is 0 Å². The highest BCUT2D eigenvalue weighted by Gasteiger charge is 2.09. The minimum atomic E-state index is -0.535. The van der Waals surface area contributed by atoms with Gasteiger partial charge in [-0.3, -0.25) is 4.79 Å². The van der Waals surface area contributed by atoms with E-state index in [-0.39, 0.29) is 11.5 Å². The van der Waals surface area contributed by atoms with Crippen molar-refractivity contribution in [3.63, 3.8) is 0 Å². The molecule has 0 spiro atoms. The largest absolute Gasteiger partial charge is 0.463 e. The molecular formula is C10H10O4. The lowest BCUT2D eigenvalue weighted by atomic mass is 10.3. The Kier molecular flexibility index (Phi) is 3.23. The van der Waals surface area contributed by atoms with Crippen molar-refractivity contribution in [3.8, 4) is 0 Å². The molecule has 1 aromatic heterocycles. The summed E-state index contributed by atoms with van der Waals surface area (Å²) in [6, 6.07) is 3.08. The standard InChI is InChI=1S/C10H10O4/c1-7(11)3-4-8-5-6-9(14-8)10(12)13-2/h3-6H,1-2H3/b4-3+. The number of esters is 1. The second-order valence-electron chi connectivity index (χ2n) is 2.64. The first-order valence-electron chi connectivity index (χ1n) is 4.00. The molecule has 4 nitrogen and oxygen atoms in total. The van der Waals surface area contributed by atoms with Crippen LogP contribution >= 0.6 is 0 Å². The second kappa shape index (κ2) is 4.41. The van der Waals surface area contributed by atoms with Gasteiger partial charge in [-0.1, -0.05) is 0 Å². The summed E-state index contributed by atoms with van der Waals surface area (Å²) < 4.78 is 9.52. The molecule has 1 heterocycles. The summed E-state index contributed by atoms with van der Waals surface area (Å²) in [5.74, 6) is -0.0511. The van der Waals surface area contributed by atoms with Crippen molar-refractivity contribution in [2.75, 3.05) is 7.11 Å². The molecule has 0 radical (unpaired) electrons. The fourth-order valence-electron chi connectivity index (χ4n) is 0.852. The molecule has 0 bridgehead atoms. The van der Waals surface area contributed by atoms with Gasteiger partial charge in [-0.15, -0.1) is 0 Å². The van der Waals surface area contributed by atoms with E-state index in [1.165, 1.54) is 32.3 Å². The lowest BCUT2D eigenvalue weighted by Gasteiger charge is -1.91. The molecule has 1 rings (SSSR count). The zero-order chi connectivity index (χ0) is 10.6. The van der Waals surface area contributed by atoms with Crippen LogP contribution in [0.15, 0.2) is 22.6 Å². The predicted molar refractivity (Wildman–Crippen MR) is 49.8 cm³/mol. The maximum atomic E-state index is 11.0. The number of hydrogen-bond donors (Lipinski definition) is 0. The topological polar surface area (TPSA) is 56.5 Å². The molecule has 14 heavy (non-hydrogen) atoms. The van der Waals surface area contributed by atoms with Gasteiger partial charge in [-0.2, -0.15) is 0 Å². The van der Waals surface area contributed by atoms with E-state index in [1.807, 2.05) is 0 Å². The molecule has 1 aromatic rings. The molecule has 0 fully saturated rings. The van der Waals surface area contributed by atoms with Crippen LogP contribution < -0.4 is 0 Å². The molecule has 0 aliphatic rings. The molecule has 0 saturated heterocycles. The van der Waals surface area contributed by atoms with Crippen LogP contribution in [-0.4, -0.2) is 18.9 Å². The quantitative estimate of drug-likeness (QED) is 0.542. The summed E-state index contributed by atoms with van der Waals surface area (Å²) in [4.78, 5) is 21.6. The smallest absolute Gasteiger partial charge is 0.373 e. The Morgan fingerprint density at radius 1 is 1.43 bits per heavy atom. The molecule has 0 aromatic carbocycles. The van der Waals surface area contributed by atoms with E-state index in [1.54, 1.807) is 6.07 Å². The number of carbonyl (C=O) groups excluding carboxylic acids is 2. The van der Waals surface area contributed by atoms with Crippen LogP contribution in [0.2, 0.25) is 0 Å². The first-order chi connectivity index (χ1) is 6.63. The van der Waals surface area contributed by atoms with Gasteiger partial charge in [0.15, 0.2) is 5.78 Å². The number of allylic oxidation sites excluding steroid dienone is 1. The van der Waals surface area contributed by atoms with E-state index in [0.29, 0.717) is 5.76 Å². The average molecular weight is 194 g/mol. The molecular weight excluding hydrogens is 184 g/mol. The first kappa shape index (κ1) is 10.2. The number of hydrogen-bond acceptors (Lipinski definition) is 4. The number of furan rings is 1. The second-order valence-corrected chi connectivity index (χ2v) is 2.64. The third kappa shape index (κ3) is 2.58. The zero-order valence-electron chi connectivity index (χ0n) is 7.94. The van der Waals surface area contributed by atoms with Crippen molar-refractivity contribution in [3.05, 3.63) is 29.7 Å². The van der Waals surface area contributed by atoms with Crippen LogP contribution in [0, 0.1) is 0 Å². The lowest BCUT2D eigenvalue weighted by Crippen LogP contribution is -1.98. The molecule has 74 valence electrons. The summed E-state index contributed by atoms with van der Waals surface area (Å²) in [7, 11) is 1.27. The summed E-state index contributed by atoms with van der Waals surface area (Å²) >= 11 is 0. The van der Waals surface area contributed by atoms with Gasteiger partial charge in [0.05, 0.1) is 7.11 Å². The Bertz CT molecular complexity index is 373. The summed E-state index contributed by atoms with van der Waals surface area (Å²) in [5, 5.41) is 0. The van der Waals surface area contributed by atoms with Crippen LogP contribution in [0.3, 0.4) is 0 Å². The highest BCUT2D eigenvalue weighted by molar-refractivity contribution is 5.91. The normalized spacial score (nSPS) is 10.4. The SMILES string of the molecule is COC(=O)c1ccc(/C=C/C(C)=O)o1. The molecule has 0 unspecified atom stereocenters. The van der Waals surface area contributed by atoms with Crippen molar-refractivity contribution in [2.45, 2.75) is 6.92 Å². The van der Waals surface area contributed by atoms with E-state index in [9.17, 15) is 9.59 Å². The Morgan fingerprint density at radius 2 is 2.14 bits per heavy atom. The summed E-state index contributed by atoms with van der Waals surface area (Å²) in [6.07, 6.45) is 2.86. The van der Waals surface area contributed by atoms with Gasteiger partial charge in [-0.05, 0) is 31.2 Å². The highest BCUT2D eigenvalue weighted by atomic mass is 16.5. The number of carbonyl (C=O) groups is 2. The average Bonchev–Trinajstić information content (AvgIpc) is 2.62. The van der Waals surface area contributed by atoms with Crippen molar-refractivity contribution < 1.29 is 18.7 Å². The molecule has 0 saturated carbocycles. The molecule has 0 amide bonds. The minimum Gasteiger partial charge on any atom is -0.463 e. The number of rotatable bonds is 3. The Balaban J connectivity index is 2.78. The molecule has 4 heteroatoms. The van der Waals surface area contributed by atoms with E-state index in [4.69, 9.17) is 4.42 Å². The molecule has 0 atom stereocenters. The third-order valence-electron chi connectivity index (χ3n) is 1.50. The summed E-state index contributed by atoms with van der Waals surface area (Å²) in [5.41, 5.74) is 0. The number of methoxy groups -OCH3 is 1. The van der Waals surface area contributed by atoms with Gasteiger partial charge in [0.1, 0.15) is 5.76 Å². The van der Waals surface area contributed by atoms with E-state index < -0.39 is 5.97 Å². The fourth-order valence-corrected chi connectivity index (χ4v) is 0.852. The van der Waals surface area contributed by atoms with Crippen molar-refractivity contribution >= 4 is 17.8 Å². The molecule has 0 aliphatic carbocycles. The van der Waals surface area contributed by atoms with Gasteiger partial charge in [0.2, 0.25) is 5.76 Å². The van der Waals surface area contributed by atoms with Crippen molar-refractivity contribution in [2.24, 2.45) is 0 Å². The third-order valence-corrected chi connectivity index (χ3v) is 1.50. The zero-order valence-corrected chi connectivity index (χ0v) is 7.94. The van der Waals surface area contributed by atoms with E-state index in [2.05, 4.69) is 4.74 Å². The molecule has 0 N–H and O–H groups in total. The van der Waals surface area contributed by atoms with Crippen LogP contribution in [0.5, 0.6) is 0 Å². The van der Waals surface area contributed by atoms with Crippen LogP contribution in [-0.2, 0) is 9.53 Å².